The molecule has 0 aliphatic rings. The number of rotatable bonds is 7. The lowest BCUT2D eigenvalue weighted by Crippen LogP contribution is -2.23. The summed E-state index contributed by atoms with van der Waals surface area (Å²) in [4.78, 5) is 14.3. The lowest BCUT2D eigenvalue weighted by Gasteiger charge is -2.15. The SMILES string of the molecule is COc1cc(CNC(=O)c2ccc(N(C)C)cc2)cc(OC)c1OC. The van der Waals surface area contributed by atoms with Crippen molar-refractivity contribution in [2.24, 2.45) is 0 Å². The van der Waals surface area contributed by atoms with Gasteiger partial charge in [0.2, 0.25) is 5.75 Å². The maximum atomic E-state index is 12.3. The van der Waals surface area contributed by atoms with E-state index >= 15 is 0 Å². The van der Waals surface area contributed by atoms with Gasteiger partial charge in [-0.2, -0.15) is 0 Å². The number of methoxy groups -OCH3 is 3. The quantitative estimate of drug-likeness (QED) is 0.837. The molecular formula is C19H24N2O4. The normalized spacial score (nSPS) is 10.1. The number of carbonyl (C=O) groups excluding carboxylic acids is 1. The lowest BCUT2D eigenvalue weighted by atomic mass is 10.1. The molecule has 0 atom stereocenters. The zero-order valence-corrected chi connectivity index (χ0v) is 15.3. The molecule has 134 valence electrons. The molecule has 0 bridgehead atoms. The number of carbonyl (C=O) groups is 1. The van der Waals surface area contributed by atoms with Gasteiger partial charge in [-0.1, -0.05) is 0 Å². The molecule has 2 rings (SSSR count). The van der Waals surface area contributed by atoms with Crippen LogP contribution in [0.3, 0.4) is 0 Å². The van der Waals surface area contributed by atoms with Crippen LogP contribution < -0.4 is 24.4 Å². The molecule has 0 spiro atoms. The van der Waals surface area contributed by atoms with E-state index in [4.69, 9.17) is 14.2 Å². The Morgan fingerprint density at radius 2 is 1.52 bits per heavy atom. The summed E-state index contributed by atoms with van der Waals surface area (Å²) in [6.45, 7) is 0.352. The highest BCUT2D eigenvalue weighted by molar-refractivity contribution is 5.94. The monoisotopic (exact) mass is 344 g/mol. The Morgan fingerprint density at radius 3 is 1.96 bits per heavy atom. The van der Waals surface area contributed by atoms with Crippen molar-refractivity contribution in [2.75, 3.05) is 40.3 Å². The summed E-state index contributed by atoms with van der Waals surface area (Å²) in [5.74, 6) is 1.50. The minimum absolute atomic E-state index is 0.140. The summed E-state index contributed by atoms with van der Waals surface area (Å²) in [6, 6.07) is 11.1. The van der Waals surface area contributed by atoms with Crippen molar-refractivity contribution in [3.05, 3.63) is 47.5 Å². The summed E-state index contributed by atoms with van der Waals surface area (Å²) >= 11 is 0. The van der Waals surface area contributed by atoms with E-state index in [-0.39, 0.29) is 5.91 Å². The third kappa shape index (κ3) is 4.35. The molecule has 0 aromatic heterocycles. The Morgan fingerprint density at radius 1 is 0.960 bits per heavy atom. The molecular weight excluding hydrogens is 320 g/mol. The second kappa shape index (κ2) is 8.28. The first-order valence-electron chi connectivity index (χ1n) is 7.84. The lowest BCUT2D eigenvalue weighted by molar-refractivity contribution is 0.0951. The number of nitrogens with one attached hydrogen (secondary N) is 1. The first kappa shape index (κ1) is 18.4. The van der Waals surface area contributed by atoms with Crippen LogP contribution in [0.25, 0.3) is 0 Å². The Hall–Kier alpha value is -2.89. The second-order valence-corrected chi connectivity index (χ2v) is 5.66. The second-order valence-electron chi connectivity index (χ2n) is 5.66. The summed E-state index contributed by atoms with van der Waals surface area (Å²) in [6.07, 6.45) is 0. The van der Waals surface area contributed by atoms with Crippen LogP contribution >= 0.6 is 0 Å². The van der Waals surface area contributed by atoms with Crippen LogP contribution in [0.15, 0.2) is 36.4 Å². The zero-order chi connectivity index (χ0) is 18.4. The molecule has 0 saturated carbocycles. The molecule has 0 heterocycles. The van der Waals surface area contributed by atoms with Crippen molar-refractivity contribution >= 4 is 11.6 Å². The molecule has 0 unspecified atom stereocenters. The average Bonchev–Trinajstić information content (AvgIpc) is 2.64. The smallest absolute Gasteiger partial charge is 0.251 e. The van der Waals surface area contributed by atoms with Gasteiger partial charge in [-0.15, -0.1) is 0 Å². The molecule has 2 aromatic rings. The average molecular weight is 344 g/mol. The minimum Gasteiger partial charge on any atom is -0.493 e. The molecule has 2 aromatic carbocycles. The predicted molar refractivity (Wildman–Crippen MR) is 98.0 cm³/mol. The zero-order valence-electron chi connectivity index (χ0n) is 15.3. The number of hydrogen-bond donors (Lipinski definition) is 1. The highest BCUT2D eigenvalue weighted by Crippen LogP contribution is 2.38. The van der Waals surface area contributed by atoms with Crippen molar-refractivity contribution in [2.45, 2.75) is 6.54 Å². The summed E-state index contributed by atoms with van der Waals surface area (Å²) in [5, 5.41) is 2.90. The fourth-order valence-electron chi connectivity index (χ4n) is 2.43. The molecule has 0 saturated heterocycles. The Bertz CT molecular complexity index is 702. The van der Waals surface area contributed by atoms with E-state index in [1.54, 1.807) is 33.5 Å². The van der Waals surface area contributed by atoms with Gasteiger partial charge in [0.25, 0.3) is 5.91 Å². The number of amides is 1. The van der Waals surface area contributed by atoms with Gasteiger partial charge in [-0.3, -0.25) is 4.79 Å². The molecule has 0 radical (unpaired) electrons. The van der Waals surface area contributed by atoms with Crippen molar-refractivity contribution in [3.63, 3.8) is 0 Å². The van der Waals surface area contributed by atoms with Gasteiger partial charge in [0.05, 0.1) is 21.3 Å². The van der Waals surface area contributed by atoms with Gasteiger partial charge in [-0.05, 0) is 42.0 Å². The van der Waals surface area contributed by atoms with Gasteiger partial charge in [-0.25, -0.2) is 0 Å². The largest absolute Gasteiger partial charge is 0.493 e. The van der Waals surface area contributed by atoms with Crippen molar-refractivity contribution in [3.8, 4) is 17.2 Å². The van der Waals surface area contributed by atoms with E-state index in [0.29, 0.717) is 29.4 Å². The van der Waals surface area contributed by atoms with E-state index in [9.17, 15) is 4.79 Å². The van der Waals surface area contributed by atoms with E-state index in [0.717, 1.165) is 11.3 Å². The number of benzene rings is 2. The molecule has 1 N–H and O–H groups in total. The molecule has 1 amide bonds. The Kier molecular flexibility index (Phi) is 6.11. The summed E-state index contributed by atoms with van der Waals surface area (Å²) in [7, 11) is 8.59. The maximum Gasteiger partial charge on any atom is 0.251 e. The fourth-order valence-corrected chi connectivity index (χ4v) is 2.43. The van der Waals surface area contributed by atoms with Crippen LogP contribution in [0.4, 0.5) is 5.69 Å². The van der Waals surface area contributed by atoms with Crippen LogP contribution in [-0.4, -0.2) is 41.3 Å². The molecule has 0 aliphatic carbocycles. The van der Waals surface area contributed by atoms with Gasteiger partial charge in [0.15, 0.2) is 11.5 Å². The maximum absolute atomic E-state index is 12.3. The molecule has 0 aliphatic heterocycles. The van der Waals surface area contributed by atoms with Crippen molar-refractivity contribution < 1.29 is 19.0 Å². The van der Waals surface area contributed by atoms with Crippen LogP contribution in [-0.2, 0) is 6.54 Å². The van der Waals surface area contributed by atoms with Crippen molar-refractivity contribution in [1.29, 1.82) is 0 Å². The predicted octanol–water partition coefficient (Wildman–Crippen LogP) is 2.71. The van der Waals surface area contributed by atoms with E-state index in [2.05, 4.69) is 5.32 Å². The van der Waals surface area contributed by atoms with Gasteiger partial charge in [0, 0.05) is 31.9 Å². The van der Waals surface area contributed by atoms with E-state index in [1.807, 2.05) is 43.3 Å². The van der Waals surface area contributed by atoms with Crippen LogP contribution in [0.1, 0.15) is 15.9 Å². The molecule has 0 fully saturated rings. The van der Waals surface area contributed by atoms with Crippen LogP contribution in [0.2, 0.25) is 0 Å². The van der Waals surface area contributed by atoms with E-state index in [1.165, 1.54) is 0 Å². The fraction of sp³-hybridized carbons (Fsp3) is 0.316. The number of hydrogen-bond acceptors (Lipinski definition) is 5. The van der Waals surface area contributed by atoms with Crippen LogP contribution in [0, 0.1) is 0 Å². The summed E-state index contributed by atoms with van der Waals surface area (Å²) in [5.41, 5.74) is 2.51. The third-order valence-corrected chi connectivity index (χ3v) is 3.82. The van der Waals surface area contributed by atoms with Crippen molar-refractivity contribution in [1.82, 2.24) is 5.32 Å². The highest BCUT2D eigenvalue weighted by Gasteiger charge is 2.14. The number of ether oxygens (including phenoxy) is 3. The molecule has 25 heavy (non-hydrogen) atoms. The Balaban J connectivity index is 2.11. The van der Waals surface area contributed by atoms with E-state index < -0.39 is 0 Å². The van der Waals surface area contributed by atoms with Gasteiger partial charge < -0.3 is 24.4 Å². The molecule has 6 heteroatoms. The first-order chi connectivity index (χ1) is 12.0. The standard InChI is InChI=1S/C19H24N2O4/c1-21(2)15-8-6-14(7-9-15)19(22)20-12-13-10-16(23-3)18(25-5)17(11-13)24-4/h6-11H,12H2,1-5H3,(H,20,22). The summed E-state index contributed by atoms with van der Waals surface area (Å²) < 4.78 is 15.9. The first-order valence-corrected chi connectivity index (χ1v) is 7.84. The van der Waals surface area contributed by atoms with Crippen LogP contribution in [0.5, 0.6) is 17.2 Å². The number of nitrogens with zero attached hydrogens (tertiary/aromatic N) is 1. The minimum atomic E-state index is -0.140. The third-order valence-electron chi connectivity index (χ3n) is 3.82. The van der Waals surface area contributed by atoms with Gasteiger partial charge >= 0.3 is 0 Å². The Labute approximate surface area is 148 Å². The topological polar surface area (TPSA) is 60.0 Å². The number of anilines is 1. The van der Waals surface area contributed by atoms with Gasteiger partial charge in [0.1, 0.15) is 0 Å². The highest BCUT2D eigenvalue weighted by atomic mass is 16.5. The molecule has 6 nitrogen and oxygen atoms in total.